The topological polar surface area (TPSA) is 12.0 Å². The normalized spacial score (nSPS) is 14.2. The summed E-state index contributed by atoms with van der Waals surface area (Å²) in [4.78, 5) is 2.96. The van der Waals surface area contributed by atoms with Crippen molar-refractivity contribution in [1.82, 2.24) is 5.32 Å². The maximum absolute atomic E-state index is 3.46. The Morgan fingerprint density at radius 3 is 2.40 bits per heavy atom. The molecule has 0 aromatic carbocycles. The molecule has 0 radical (unpaired) electrons. The lowest BCUT2D eigenvalue weighted by Gasteiger charge is -2.32. The Balaban J connectivity index is 2.92. The van der Waals surface area contributed by atoms with Crippen LogP contribution in [0.25, 0.3) is 0 Å². The Morgan fingerprint density at radius 1 is 1.33 bits per heavy atom. The quantitative estimate of drug-likeness (QED) is 0.798. The van der Waals surface area contributed by atoms with Crippen LogP contribution in [0.15, 0.2) is 12.1 Å². The van der Waals surface area contributed by atoms with Crippen molar-refractivity contribution >= 4 is 11.3 Å². The number of rotatable bonds is 5. The standard InChI is InChI=1S/C13H23NS/c1-6-10-8-9-11(15-10)12(14-5)13(3,4)7-2/h8-9,12,14H,6-7H2,1-5H3. The molecule has 1 atom stereocenters. The van der Waals surface area contributed by atoms with Crippen LogP contribution in [0, 0.1) is 5.41 Å². The first-order chi connectivity index (χ1) is 7.05. The van der Waals surface area contributed by atoms with Gasteiger partial charge in [0.1, 0.15) is 0 Å². The molecule has 0 fully saturated rings. The van der Waals surface area contributed by atoms with Crippen molar-refractivity contribution < 1.29 is 0 Å². The number of hydrogen-bond acceptors (Lipinski definition) is 2. The van der Waals surface area contributed by atoms with Crippen LogP contribution in [-0.2, 0) is 6.42 Å². The van der Waals surface area contributed by atoms with Gasteiger partial charge in [0.25, 0.3) is 0 Å². The van der Waals surface area contributed by atoms with Gasteiger partial charge in [-0.05, 0) is 37.4 Å². The van der Waals surface area contributed by atoms with Gasteiger partial charge in [0.05, 0.1) is 0 Å². The van der Waals surface area contributed by atoms with Gasteiger partial charge in [0, 0.05) is 15.8 Å². The average Bonchev–Trinajstić information content (AvgIpc) is 2.67. The lowest BCUT2D eigenvalue weighted by atomic mass is 9.81. The summed E-state index contributed by atoms with van der Waals surface area (Å²) < 4.78 is 0. The maximum Gasteiger partial charge on any atom is 0.0464 e. The second kappa shape index (κ2) is 5.13. The summed E-state index contributed by atoms with van der Waals surface area (Å²) in [6.07, 6.45) is 2.34. The summed E-state index contributed by atoms with van der Waals surface area (Å²) in [6.45, 7) is 9.15. The summed E-state index contributed by atoms with van der Waals surface area (Å²) in [7, 11) is 2.06. The van der Waals surface area contributed by atoms with Gasteiger partial charge in [-0.25, -0.2) is 0 Å². The summed E-state index contributed by atoms with van der Waals surface area (Å²) in [5.74, 6) is 0. The molecule has 0 aliphatic rings. The van der Waals surface area contributed by atoms with Gasteiger partial charge in [0.15, 0.2) is 0 Å². The number of nitrogens with one attached hydrogen (secondary N) is 1. The molecule has 0 amide bonds. The Bertz CT molecular complexity index is 301. The molecule has 1 rings (SSSR count). The molecule has 1 N–H and O–H groups in total. The minimum atomic E-state index is 0.324. The van der Waals surface area contributed by atoms with E-state index in [1.54, 1.807) is 0 Å². The first-order valence-corrected chi connectivity index (χ1v) is 6.62. The summed E-state index contributed by atoms with van der Waals surface area (Å²) >= 11 is 1.95. The molecule has 2 heteroatoms. The van der Waals surface area contributed by atoms with Gasteiger partial charge in [-0.15, -0.1) is 11.3 Å². The molecule has 0 spiro atoms. The molecule has 1 heterocycles. The fourth-order valence-corrected chi connectivity index (χ4v) is 3.14. The van der Waals surface area contributed by atoms with Gasteiger partial charge in [-0.1, -0.05) is 27.7 Å². The van der Waals surface area contributed by atoms with E-state index in [9.17, 15) is 0 Å². The number of thiophene rings is 1. The van der Waals surface area contributed by atoms with E-state index in [0.717, 1.165) is 6.42 Å². The van der Waals surface area contributed by atoms with Crippen LogP contribution in [0.3, 0.4) is 0 Å². The SMILES string of the molecule is CCc1ccc(C(NC)C(C)(C)CC)s1. The summed E-state index contributed by atoms with van der Waals surface area (Å²) in [6, 6.07) is 5.02. The van der Waals surface area contributed by atoms with E-state index in [1.807, 2.05) is 11.3 Å². The molecule has 0 aliphatic carbocycles. The highest BCUT2D eigenvalue weighted by molar-refractivity contribution is 7.12. The van der Waals surface area contributed by atoms with Crippen LogP contribution in [0.5, 0.6) is 0 Å². The van der Waals surface area contributed by atoms with Crippen molar-refractivity contribution in [2.75, 3.05) is 7.05 Å². The smallest absolute Gasteiger partial charge is 0.0464 e. The molecule has 0 saturated carbocycles. The van der Waals surface area contributed by atoms with Gasteiger partial charge in [0.2, 0.25) is 0 Å². The van der Waals surface area contributed by atoms with E-state index in [0.29, 0.717) is 11.5 Å². The van der Waals surface area contributed by atoms with E-state index in [1.165, 1.54) is 16.2 Å². The maximum atomic E-state index is 3.46. The van der Waals surface area contributed by atoms with Crippen molar-refractivity contribution in [3.8, 4) is 0 Å². The zero-order valence-corrected chi connectivity index (χ0v) is 11.4. The van der Waals surface area contributed by atoms with Crippen LogP contribution in [0.2, 0.25) is 0 Å². The second-order valence-corrected chi connectivity index (χ2v) is 5.92. The molecular weight excluding hydrogens is 202 g/mol. The van der Waals surface area contributed by atoms with Crippen molar-refractivity contribution in [1.29, 1.82) is 0 Å². The zero-order valence-electron chi connectivity index (χ0n) is 10.6. The van der Waals surface area contributed by atoms with Gasteiger partial charge < -0.3 is 5.32 Å². The second-order valence-electron chi connectivity index (χ2n) is 4.72. The minimum Gasteiger partial charge on any atom is -0.312 e. The summed E-state index contributed by atoms with van der Waals surface area (Å²) in [5, 5.41) is 3.46. The molecule has 1 aromatic heterocycles. The van der Waals surface area contributed by atoms with Crippen LogP contribution >= 0.6 is 11.3 Å². The van der Waals surface area contributed by atoms with E-state index in [4.69, 9.17) is 0 Å². The number of hydrogen-bond donors (Lipinski definition) is 1. The zero-order chi connectivity index (χ0) is 11.5. The van der Waals surface area contributed by atoms with Crippen molar-refractivity contribution in [3.63, 3.8) is 0 Å². The van der Waals surface area contributed by atoms with E-state index in [-0.39, 0.29) is 0 Å². The van der Waals surface area contributed by atoms with Crippen molar-refractivity contribution in [2.45, 2.75) is 46.6 Å². The van der Waals surface area contributed by atoms with E-state index < -0.39 is 0 Å². The fourth-order valence-electron chi connectivity index (χ4n) is 1.86. The Morgan fingerprint density at radius 2 is 2.00 bits per heavy atom. The number of aryl methyl sites for hydroxylation is 1. The Hall–Kier alpha value is -0.340. The third-order valence-electron chi connectivity index (χ3n) is 3.30. The third kappa shape index (κ3) is 2.82. The first kappa shape index (κ1) is 12.7. The predicted molar refractivity (Wildman–Crippen MR) is 69.6 cm³/mol. The highest BCUT2D eigenvalue weighted by Gasteiger charge is 2.28. The van der Waals surface area contributed by atoms with Crippen LogP contribution < -0.4 is 5.32 Å². The molecule has 86 valence electrons. The van der Waals surface area contributed by atoms with Crippen LogP contribution in [0.1, 0.15) is 49.9 Å². The molecule has 1 unspecified atom stereocenters. The fraction of sp³-hybridized carbons (Fsp3) is 0.692. The van der Waals surface area contributed by atoms with Crippen LogP contribution in [0.4, 0.5) is 0 Å². The van der Waals surface area contributed by atoms with Gasteiger partial charge in [-0.2, -0.15) is 0 Å². The average molecular weight is 225 g/mol. The molecule has 15 heavy (non-hydrogen) atoms. The van der Waals surface area contributed by atoms with E-state index >= 15 is 0 Å². The Labute approximate surface area is 97.9 Å². The van der Waals surface area contributed by atoms with E-state index in [2.05, 4.69) is 52.2 Å². The monoisotopic (exact) mass is 225 g/mol. The van der Waals surface area contributed by atoms with Gasteiger partial charge >= 0.3 is 0 Å². The summed E-state index contributed by atoms with van der Waals surface area (Å²) in [5.41, 5.74) is 0.324. The molecule has 1 nitrogen and oxygen atoms in total. The van der Waals surface area contributed by atoms with Crippen LogP contribution in [-0.4, -0.2) is 7.05 Å². The largest absolute Gasteiger partial charge is 0.312 e. The third-order valence-corrected chi connectivity index (χ3v) is 4.59. The predicted octanol–water partition coefficient (Wildman–Crippen LogP) is 4.01. The highest BCUT2D eigenvalue weighted by atomic mass is 32.1. The highest BCUT2D eigenvalue weighted by Crippen LogP contribution is 2.38. The first-order valence-electron chi connectivity index (χ1n) is 5.81. The Kier molecular flexibility index (Phi) is 4.35. The lowest BCUT2D eigenvalue weighted by Crippen LogP contribution is -2.30. The van der Waals surface area contributed by atoms with Crippen molar-refractivity contribution in [2.24, 2.45) is 5.41 Å². The minimum absolute atomic E-state index is 0.324. The lowest BCUT2D eigenvalue weighted by molar-refractivity contribution is 0.249. The molecular formula is C13H23NS. The molecule has 0 aliphatic heterocycles. The van der Waals surface area contributed by atoms with Crippen molar-refractivity contribution in [3.05, 3.63) is 21.9 Å². The molecule has 1 aromatic rings. The molecule has 0 bridgehead atoms. The van der Waals surface area contributed by atoms with Gasteiger partial charge in [-0.3, -0.25) is 0 Å². The molecule has 0 saturated heterocycles.